The van der Waals surface area contributed by atoms with Gasteiger partial charge in [0.15, 0.2) is 0 Å². The molecule has 4 nitrogen and oxygen atoms in total. The van der Waals surface area contributed by atoms with Crippen molar-refractivity contribution in [3.63, 3.8) is 0 Å². The van der Waals surface area contributed by atoms with Gasteiger partial charge >= 0.3 is 16.4 Å². The first-order valence-corrected chi connectivity index (χ1v) is 10.8. The van der Waals surface area contributed by atoms with Gasteiger partial charge in [0.1, 0.15) is 10.8 Å². The Balaban J connectivity index is 2.11. The van der Waals surface area contributed by atoms with E-state index in [1.54, 1.807) is 24.3 Å². The number of thiophene rings is 1. The van der Waals surface area contributed by atoms with Gasteiger partial charge in [-0.2, -0.15) is 21.6 Å². The molecular weight excluding hydrogens is 484 g/mol. The Labute approximate surface area is 171 Å². The average Bonchev–Trinajstić information content (AvgIpc) is 2.96. The van der Waals surface area contributed by atoms with Crippen LogP contribution >= 0.6 is 27.3 Å². The van der Waals surface area contributed by atoms with Crippen LogP contribution in [0.5, 0.6) is 0 Å². The maximum Gasteiger partial charge on any atom is 0.419 e. The molecule has 0 atom stereocenters. The van der Waals surface area contributed by atoms with Gasteiger partial charge < -0.3 is 0 Å². The van der Waals surface area contributed by atoms with Crippen LogP contribution in [-0.4, -0.2) is 15.5 Å². The number of fused-ring (bicyclic) bond motifs is 1. The molecule has 1 aromatic heterocycles. The highest BCUT2D eigenvalue weighted by Gasteiger charge is 2.35. The average molecular weight is 497 g/mol. The Morgan fingerprint density at radius 2 is 1.86 bits per heavy atom. The molecule has 0 amide bonds. The fourth-order valence-electron chi connectivity index (χ4n) is 2.59. The summed E-state index contributed by atoms with van der Waals surface area (Å²) >= 11 is 4.55. The minimum absolute atomic E-state index is 0.00286. The van der Waals surface area contributed by atoms with E-state index in [9.17, 15) is 26.0 Å². The molecule has 0 saturated heterocycles. The molecule has 0 unspecified atom stereocenters. The van der Waals surface area contributed by atoms with Crippen molar-refractivity contribution in [1.82, 2.24) is 4.72 Å². The molecule has 0 aliphatic rings. The van der Waals surface area contributed by atoms with E-state index in [4.69, 9.17) is 0 Å². The fraction of sp³-hybridized carbons (Fsp3) is 0.176. The molecule has 3 aromatic rings. The van der Waals surface area contributed by atoms with Crippen molar-refractivity contribution in [1.29, 1.82) is 0 Å². The van der Waals surface area contributed by atoms with Crippen LogP contribution in [0.1, 0.15) is 11.1 Å². The van der Waals surface area contributed by atoms with E-state index in [-0.39, 0.29) is 5.56 Å². The first-order valence-electron chi connectivity index (χ1n) is 7.78. The predicted molar refractivity (Wildman–Crippen MR) is 105 cm³/mol. The van der Waals surface area contributed by atoms with Crippen molar-refractivity contribution >= 4 is 52.6 Å². The third kappa shape index (κ3) is 4.02. The lowest BCUT2D eigenvalue weighted by atomic mass is 10.1. The summed E-state index contributed by atoms with van der Waals surface area (Å²) in [6.45, 7) is -0.405. The number of hydrogen-bond acceptors (Lipinski definition) is 3. The summed E-state index contributed by atoms with van der Waals surface area (Å²) in [5.74, 6) is -1.41. The molecular formula is C17H13BrF4N2O2S2. The van der Waals surface area contributed by atoms with E-state index in [0.29, 0.717) is 21.6 Å². The van der Waals surface area contributed by atoms with Crippen LogP contribution in [-0.2, 0) is 22.9 Å². The van der Waals surface area contributed by atoms with E-state index in [1.165, 1.54) is 18.4 Å². The molecule has 150 valence electrons. The van der Waals surface area contributed by atoms with Crippen molar-refractivity contribution in [3.05, 3.63) is 63.9 Å². The van der Waals surface area contributed by atoms with Crippen LogP contribution in [0, 0.1) is 5.82 Å². The molecule has 28 heavy (non-hydrogen) atoms. The minimum atomic E-state index is -4.88. The lowest BCUT2D eigenvalue weighted by Gasteiger charge is -2.23. The van der Waals surface area contributed by atoms with Crippen LogP contribution in [0.3, 0.4) is 0 Å². The van der Waals surface area contributed by atoms with E-state index < -0.39 is 34.3 Å². The number of rotatable bonds is 5. The molecule has 0 aliphatic carbocycles. The van der Waals surface area contributed by atoms with Crippen LogP contribution in [0.2, 0.25) is 0 Å². The summed E-state index contributed by atoms with van der Waals surface area (Å²) < 4.78 is 82.2. The Hall–Kier alpha value is -1.69. The van der Waals surface area contributed by atoms with Crippen molar-refractivity contribution in [3.8, 4) is 0 Å². The topological polar surface area (TPSA) is 49.4 Å². The highest BCUT2D eigenvalue weighted by Crippen LogP contribution is 2.43. The lowest BCUT2D eigenvalue weighted by molar-refractivity contribution is -0.140. The largest absolute Gasteiger partial charge is 0.419 e. The quantitative estimate of drug-likeness (QED) is 0.487. The predicted octanol–water partition coefficient (Wildman–Crippen LogP) is 5.29. The van der Waals surface area contributed by atoms with E-state index >= 15 is 0 Å². The lowest BCUT2D eigenvalue weighted by Crippen LogP contribution is -2.38. The van der Waals surface area contributed by atoms with E-state index in [2.05, 4.69) is 20.7 Å². The zero-order valence-electron chi connectivity index (χ0n) is 14.2. The summed E-state index contributed by atoms with van der Waals surface area (Å²) in [6.07, 6.45) is -4.88. The summed E-state index contributed by atoms with van der Waals surface area (Å²) in [7, 11) is -2.85. The van der Waals surface area contributed by atoms with Crippen molar-refractivity contribution in [2.24, 2.45) is 0 Å². The molecule has 0 aliphatic heterocycles. The molecule has 2 aromatic carbocycles. The second kappa shape index (κ2) is 7.62. The van der Waals surface area contributed by atoms with E-state index in [1.807, 2.05) is 0 Å². The van der Waals surface area contributed by atoms with Crippen molar-refractivity contribution in [2.45, 2.75) is 12.7 Å². The number of anilines is 1. The van der Waals surface area contributed by atoms with Gasteiger partial charge in [0.2, 0.25) is 0 Å². The maximum atomic E-state index is 13.6. The van der Waals surface area contributed by atoms with Crippen molar-refractivity contribution < 1.29 is 26.0 Å². The Bertz CT molecular complexity index is 1130. The van der Waals surface area contributed by atoms with Crippen molar-refractivity contribution in [2.75, 3.05) is 11.4 Å². The standard InChI is InChI=1S/C17H13BrF4N2O2S2/c1-23-28(25,26)24(16-15(18)11-4-2-3-5-14(11)27-16)9-10-6-7-13(19)12(8-10)17(20,21)22/h2-8,23H,9H2,1H3. The second-order valence-electron chi connectivity index (χ2n) is 5.75. The summed E-state index contributed by atoms with van der Waals surface area (Å²) in [4.78, 5) is 0. The monoisotopic (exact) mass is 496 g/mol. The van der Waals surface area contributed by atoms with Gasteiger partial charge in [0.05, 0.1) is 16.6 Å². The second-order valence-corrected chi connectivity index (χ2v) is 9.37. The Morgan fingerprint density at radius 3 is 2.46 bits per heavy atom. The first kappa shape index (κ1) is 21.0. The fourth-order valence-corrected chi connectivity index (χ4v) is 5.90. The van der Waals surface area contributed by atoms with Gasteiger partial charge in [0.25, 0.3) is 0 Å². The molecule has 0 fully saturated rings. The van der Waals surface area contributed by atoms with Gasteiger partial charge in [-0.3, -0.25) is 0 Å². The van der Waals surface area contributed by atoms with Crippen LogP contribution < -0.4 is 9.03 Å². The Morgan fingerprint density at radius 1 is 1.18 bits per heavy atom. The molecule has 11 heteroatoms. The smallest absolute Gasteiger partial charge is 0.243 e. The zero-order chi connectivity index (χ0) is 20.7. The highest BCUT2D eigenvalue weighted by molar-refractivity contribution is 9.10. The molecule has 1 N–H and O–H groups in total. The van der Waals surface area contributed by atoms with Gasteiger partial charge in [-0.25, -0.2) is 13.4 Å². The molecule has 0 spiro atoms. The summed E-state index contributed by atoms with van der Waals surface area (Å²) in [5, 5.41) is 1.07. The number of nitrogens with zero attached hydrogens (tertiary/aromatic N) is 1. The van der Waals surface area contributed by atoms with Crippen LogP contribution in [0.4, 0.5) is 22.6 Å². The highest BCUT2D eigenvalue weighted by atomic mass is 79.9. The third-order valence-corrected chi connectivity index (χ3v) is 7.74. The maximum absolute atomic E-state index is 13.6. The van der Waals surface area contributed by atoms with Crippen LogP contribution in [0.25, 0.3) is 10.1 Å². The molecule has 1 heterocycles. The Kier molecular flexibility index (Phi) is 5.72. The minimum Gasteiger partial charge on any atom is -0.243 e. The number of alkyl halides is 3. The SMILES string of the molecule is CNS(=O)(=O)N(Cc1ccc(F)c(C(F)(F)F)c1)c1sc2ccccc2c1Br. The summed E-state index contributed by atoms with van der Waals surface area (Å²) in [5.41, 5.74) is -1.45. The van der Waals surface area contributed by atoms with Gasteiger partial charge in [-0.1, -0.05) is 24.3 Å². The third-order valence-electron chi connectivity index (χ3n) is 3.95. The number of nitrogens with one attached hydrogen (secondary N) is 1. The first-order chi connectivity index (χ1) is 13.0. The normalized spacial score (nSPS) is 12.5. The number of hydrogen-bond donors (Lipinski definition) is 1. The number of benzene rings is 2. The van der Waals surface area contributed by atoms with Gasteiger partial charge in [-0.15, -0.1) is 11.3 Å². The number of halogens is 5. The zero-order valence-corrected chi connectivity index (χ0v) is 17.4. The molecule has 0 radical (unpaired) electrons. The molecule has 0 saturated carbocycles. The van der Waals surface area contributed by atoms with E-state index in [0.717, 1.165) is 20.5 Å². The van der Waals surface area contributed by atoms with Gasteiger partial charge in [-0.05, 0) is 39.7 Å². The molecule has 3 rings (SSSR count). The summed E-state index contributed by atoms with van der Waals surface area (Å²) in [6, 6.07) is 9.61. The van der Waals surface area contributed by atoms with Crippen LogP contribution in [0.15, 0.2) is 46.9 Å². The van der Waals surface area contributed by atoms with Gasteiger partial charge in [0, 0.05) is 17.1 Å². The molecule has 0 bridgehead atoms.